The van der Waals surface area contributed by atoms with Gasteiger partial charge in [0.05, 0.1) is 10.6 Å². The molecule has 168 valence electrons. The van der Waals surface area contributed by atoms with Crippen LogP contribution in [0, 0.1) is 6.92 Å². The van der Waals surface area contributed by atoms with Gasteiger partial charge in [-0.2, -0.15) is 0 Å². The number of hydrogen-bond acceptors (Lipinski definition) is 5. The van der Waals surface area contributed by atoms with Gasteiger partial charge in [-0.3, -0.25) is 4.90 Å². The van der Waals surface area contributed by atoms with Crippen LogP contribution >= 0.6 is 10.8 Å². The van der Waals surface area contributed by atoms with E-state index in [2.05, 4.69) is 0 Å². The molecule has 0 unspecified atom stereocenters. The van der Waals surface area contributed by atoms with E-state index in [4.69, 9.17) is 4.74 Å². The van der Waals surface area contributed by atoms with Crippen molar-refractivity contribution < 1.29 is 17.9 Å². The smallest absolute Gasteiger partial charge is 0.414 e. The van der Waals surface area contributed by atoms with Gasteiger partial charge in [0.1, 0.15) is 5.60 Å². The summed E-state index contributed by atoms with van der Waals surface area (Å²) in [6.45, 7) is 14.1. The minimum Gasteiger partial charge on any atom is -0.443 e. The van der Waals surface area contributed by atoms with Crippen molar-refractivity contribution in [3.05, 3.63) is 53.1 Å². The summed E-state index contributed by atoms with van der Waals surface area (Å²) in [5.41, 5.74) is 2.78. The number of carbonyl (C=O) groups is 1. The van der Waals surface area contributed by atoms with Crippen LogP contribution in [0.15, 0.2) is 46.2 Å². The van der Waals surface area contributed by atoms with E-state index in [0.29, 0.717) is 22.8 Å². The van der Waals surface area contributed by atoms with Gasteiger partial charge in [0.25, 0.3) is 0 Å². The number of rotatable bonds is 3. The van der Waals surface area contributed by atoms with E-state index in [9.17, 15) is 13.2 Å². The standard InChI is InChI=1S/C24H31NO4S2/c1-16-8-10-18(11-9-16)31(27,28)30-21-14-17-12-13-25(22(26)29-24(5,6)7)20(17)15-19(21)23(2,3)4/h8-11,14-15H,12-13H2,1-7H3. The highest BCUT2D eigenvalue weighted by molar-refractivity contribution is 8.72. The van der Waals surface area contributed by atoms with E-state index in [0.717, 1.165) is 33.2 Å². The summed E-state index contributed by atoms with van der Waals surface area (Å²) in [6.07, 6.45) is 0.288. The third-order valence-corrected chi connectivity index (χ3v) is 8.37. The molecule has 1 aliphatic rings. The van der Waals surface area contributed by atoms with Crippen molar-refractivity contribution in [2.24, 2.45) is 0 Å². The van der Waals surface area contributed by atoms with Gasteiger partial charge >= 0.3 is 6.09 Å². The first-order chi connectivity index (χ1) is 14.2. The van der Waals surface area contributed by atoms with Gasteiger partial charge in [-0.1, -0.05) is 38.5 Å². The minimum atomic E-state index is -3.57. The van der Waals surface area contributed by atoms with Crippen LogP contribution in [-0.4, -0.2) is 26.7 Å². The molecule has 2 aromatic carbocycles. The predicted octanol–water partition coefficient (Wildman–Crippen LogP) is 6.07. The number of amides is 1. The average Bonchev–Trinajstić information content (AvgIpc) is 3.01. The molecular weight excluding hydrogens is 430 g/mol. The maximum Gasteiger partial charge on any atom is 0.414 e. The highest BCUT2D eigenvalue weighted by atomic mass is 33.1. The molecule has 0 aromatic heterocycles. The molecule has 0 bridgehead atoms. The van der Waals surface area contributed by atoms with Crippen LogP contribution in [0.5, 0.6) is 0 Å². The van der Waals surface area contributed by atoms with Crippen LogP contribution in [0.25, 0.3) is 0 Å². The van der Waals surface area contributed by atoms with Crippen molar-refractivity contribution in [3.63, 3.8) is 0 Å². The molecule has 1 amide bonds. The number of aryl methyl sites for hydroxylation is 1. The fourth-order valence-corrected chi connectivity index (χ4v) is 6.64. The lowest BCUT2D eigenvalue weighted by Crippen LogP contribution is -2.35. The lowest BCUT2D eigenvalue weighted by molar-refractivity contribution is 0.0584. The van der Waals surface area contributed by atoms with Gasteiger partial charge < -0.3 is 4.74 Å². The van der Waals surface area contributed by atoms with Gasteiger partial charge in [-0.05, 0) is 74.9 Å². The molecule has 5 nitrogen and oxygen atoms in total. The molecule has 2 aromatic rings. The fraction of sp³-hybridized carbons (Fsp3) is 0.458. The molecule has 0 saturated carbocycles. The van der Waals surface area contributed by atoms with E-state index in [-0.39, 0.29) is 11.5 Å². The van der Waals surface area contributed by atoms with Crippen molar-refractivity contribution in [3.8, 4) is 0 Å². The fourth-order valence-electron chi connectivity index (χ4n) is 3.45. The topological polar surface area (TPSA) is 63.7 Å². The monoisotopic (exact) mass is 461 g/mol. The number of hydrogen-bond donors (Lipinski definition) is 0. The predicted molar refractivity (Wildman–Crippen MR) is 127 cm³/mol. The van der Waals surface area contributed by atoms with Crippen LogP contribution in [0.4, 0.5) is 10.5 Å². The Morgan fingerprint density at radius 1 is 1.03 bits per heavy atom. The second-order valence-electron chi connectivity index (χ2n) is 9.96. The summed E-state index contributed by atoms with van der Waals surface area (Å²) < 4.78 is 31.8. The second-order valence-corrected chi connectivity index (χ2v) is 13.8. The summed E-state index contributed by atoms with van der Waals surface area (Å²) in [4.78, 5) is 15.4. The molecule has 0 saturated heterocycles. The Hall–Kier alpha value is -1.99. The molecule has 31 heavy (non-hydrogen) atoms. The maximum absolute atomic E-state index is 13.1. The van der Waals surface area contributed by atoms with Crippen LogP contribution in [0.2, 0.25) is 0 Å². The number of carbonyl (C=O) groups excluding carboxylic acids is 1. The van der Waals surface area contributed by atoms with Crippen molar-refractivity contribution >= 4 is 31.4 Å². The summed E-state index contributed by atoms with van der Waals surface area (Å²) in [5.74, 6) is 0. The van der Waals surface area contributed by atoms with Gasteiger partial charge in [-0.15, -0.1) is 0 Å². The highest BCUT2D eigenvalue weighted by Gasteiger charge is 2.33. The summed E-state index contributed by atoms with van der Waals surface area (Å²) in [5, 5.41) is 0. The van der Waals surface area contributed by atoms with Crippen LogP contribution in [0.3, 0.4) is 0 Å². The Balaban J connectivity index is 2.02. The van der Waals surface area contributed by atoms with Crippen molar-refractivity contribution in [2.45, 2.75) is 75.7 Å². The van der Waals surface area contributed by atoms with E-state index in [1.165, 1.54) is 0 Å². The molecule has 3 rings (SSSR count). The molecule has 0 N–H and O–H groups in total. The van der Waals surface area contributed by atoms with E-state index in [1.807, 2.05) is 60.6 Å². The summed E-state index contributed by atoms with van der Waals surface area (Å²) >= 11 is 0. The number of nitrogens with zero attached hydrogens (tertiary/aromatic N) is 1. The maximum atomic E-state index is 13.1. The molecule has 1 aliphatic heterocycles. The normalized spacial score (nSPS) is 14.5. The third-order valence-electron chi connectivity index (χ3n) is 5.01. The molecule has 0 fully saturated rings. The first-order valence-corrected chi connectivity index (χ1v) is 13.2. The minimum absolute atomic E-state index is 0.291. The van der Waals surface area contributed by atoms with Crippen LogP contribution in [0.1, 0.15) is 58.2 Å². The molecule has 0 aliphatic carbocycles. The van der Waals surface area contributed by atoms with Gasteiger partial charge in [0, 0.05) is 22.2 Å². The summed E-state index contributed by atoms with van der Waals surface area (Å²) in [7, 11) is -2.69. The van der Waals surface area contributed by atoms with Crippen molar-refractivity contribution in [1.82, 2.24) is 0 Å². The zero-order valence-corrected chi connectivity index (χ0v) is 20.9. The Labute approximate surface area is 189 Å². The Morgan fingerprint density at radius 2 is 1.65 bits per heavy atom. The molecule has 1 heterocycles. The zero-order chi connectivity index (χ0) is 23.2. The Kier molecular flexibility index (Phi) is 6.24. The first-order valence-electron chi connectivity index (χ1n) is 10.4. The Bertz CT molecular complexity index is 1090. The number of benzene rings is 2. The molecule has 7 heteroatoms. The molecule has 0 atom stereocenters. The van der Waals surface area contributed by atoms with E-state index < -0.39 is 14.5 Å². The largest absolute Gasteiger partial charge is 0.443 e. The zero-order valence-electron chi connectivity index (χ0n) is 19.3. The lowest BCUT2D eigenvalue weighted by Gasteiger charge is -2.27. The SMILES string of the molecule is Cc1ccc(S(=O)(=O)Sc2cc3c(cc2C(C)(C)C)N(C(=O)OC(C)(C)C)CC3)cc1. The number of fused-ring (bicyclic) bond motifs is 1. The highest BCUT2D eigenvalue weighted by Crippen LogP contribution is 2.43. The number of ether oxygens (including phenoxy) is 1. The molecule has 0 spiro atoms. The molecule has 0 radical (unpaired) electrons. The first kappa shape index (κ1) is 23.7. The van der Waals surface area contributed by atoms with E-state index >= 15 is 0 Å². The van der Waals surface area contributed by atoms with Gasteiger partial charge in [0.15, 0.2) is 0 Å². The Morgan fingerprint density at radius 3 is 2.19 bits per heavy atom. The average molecular weight is 462 g/mol. The quantitative estimate of drug-likeness (QED) is 0.519. The lowest BCUT2D eigenvalue weighted by atomic mass is 9.86. The van der Waals surface area contributed by atoms with Crippen LogP contribution in [-0.2, 0) is 25.4 Å². The van der Waals surface area contributed by atoms with Crippen LogP contribution < -0.4 is 4.90 Å². The molecular formula is C24H31NO4S2. The van der Waals surface area contributed by atoms with E-state index in [1.54, 1.807) is 29.2 Å². The number of anilines is 1. The van der Waals surface area contributed by atoms with Gasteiger partial charge in [-0.25, -0.2) is 13.2 Å². The second kappa shape index (κ2) is 8.17. The summed E-state index contributed by atoms with van der Waals surface area (Å²) in [6, 6.07) is 10.8. The third kappa shape index (κ3) is 5.44. The van der Waals surface area contributed by atoms with Crippen molar-refractivity contribution in [2.75, 3.05) is 11.4 Å². The van der Waals surface area contributed by atoms with Crippen molar-refractivity contribution in [1.29, 1.82) is 0 Å². The van der Waals surface area contributed by atoms with Gasteiger partial charge in [0.2, 0.25) is 8.87 Å².